The monoisotopic (exact) mass is 377 g/mol. The van der Waals surface area contributed by atoms with Gasteiger partial charge in [-0.25, -0.2) is 0 Å². The van der Waals surface area contributed by atoms with Gasteiger partial charge in [-0.2, -0.15) is 0 Å². The van der Waals surface area contributed by atoms with Crippen molar-refractivity contribution in [1.29, 1.82) is 0 Å². The molecule has 0 amide bonds. The first-order chi connectivity index (χ1) is 13.6. The maximum absolute atomic E-state index is 6.65. The molecule has 3 aromatic carbocycles. The summed E-state index contributed by atoms with van der Waals surface area (Å²) < 4.78 is 5.93. The molecule has 3 rings (SSSR count). The van der Waals surface area contributed by atoms with E-state index in [1.165, 1.54) is 5.56 Å². The minimum Gasteiger partial charge on any atom is -0.489 e. The SMILES string of the molecule is CC.CC.Cc1cccc(C(C)(N)c2cccc(OCc3ccccc3)c2)c1. The zero-order valence-corrected chi connectivity index (χ0v) is 18.2. The van der Waals surface area contributed by atoms with Crippen LogP contribution in [0.3, 0.4) is 0 Å². The average molecular weight is 378 g/mol. The van der Waals surface area contributed by atoms with Crippen molar-refractivity contribution in [3.63, 3.8) is 0 Å². The zero-order valence-electron chi connectivity index (χ0n) is 18.2. The molecule has 0 aliphatic heterocycles. The normalized spacial score (nSPS) is 11.8. The quantitative estimate of drug-likeness (QED) is 0.528. The van der Waals surface area contributed by atoms with Crippen LogP contribution in [0, 0.1) is 6.92 Å². The Balaban J connectivity index is 0.000000921. The molecule has 3 aromatic rings. The van der Waals surface area contributed by atoms with Gasteiger partial charge in [0, 0.05) is 0 Å². The summed E-state index contributed by atoms with van der Waals surface area (Å²) in [6.45, 7) is 12.7. The molecule has 0 fully saturated rings. The first-order valence-electron chi connectivity index (χ1n) is 10.2. The molecule has 2 nitrogen and oxygen atoms in total. The molecule has 28 heavy (non-hydrogen) atoms. The molecule has 0 saturated heterocycles. The lowest BCUT2D eigenvalue weighted by Gasteiger charge is -2.27. The van der Waals surface area contributed by atoms with Crippen molar-refractivity contribution < 1.29 is 4.74 Å². The van der Waals surface area contributed by atoms with Gasteiger partial charge in [0.2, 0.25) is 0 Å². The molecule has 2 N–H and O–H groups in total. The maximum Gasteiger partial charge on any atom is 0.120 e. The highest BCUT2D eigenvalue weighted by atomic mass is 16.5. The van der Waals surface area contributed by atoms with E-state index in [2.05, 4.69) is 43.3 Å². The van der Waals surface area contributed by atoms with E-state index in [0.717, 1.165) is 22.4 Å². The maximum atomic E-state index is 6.65. The molecule has 0 radical (unpaired) electrons. The third kappa shape index (κ3) is 6.54. The fourth-order valence-corrected chi connectivity index (χ4v) is 2.78. The van der Waals surface area contributed by atoms with Crippen molar-refractivity contribution in [2.24, 2.45) is 5.73 Å². The molecule has 2 heteroatoms. The predicted molar refractivity (Wildman–Crippen MR) is 122 cm³/mol. The third-order valence-corrected chi connectivity index (χ3v) is 4.30. The third-order valence-electron chi connectivity index (χ3n) is 4.30. The van der Waals surface area contributed by atoms with E-state index in [0.29, 0.717) is 6.61 Å². The molecule has 0 spiro atoms. The lowest BCUT2D eigenvalue weighted by Crippen LogP contribution is -2.34. The number of ether oxygens (including phenoxy) is 1. The smallest absolute Gasteiger partial charge is 0.120 e. The largest absolute Gasteiger partial charge is 0.489 e. The van der Waals surface area contributed by atoms with Crippen LogP contribution in [0.15, 0.2) is 78.9 Å². The predicted octanol–water partition coefficient (Wildman–Crippen LogP) is 6.85. The van der Waals surface area contributed by atoms with E-state index in [-0.39, 0.29) is 0 Å². The Morgan fingerprint density at radius 3 is 1.93 bits per heavy atom. The van der Waals surface area contributed by atoms with Gasteiger partial charge in [-0.05, 0) is 42.7 Å². The fraction of sp³-hybridized carbons (Fsp3) is 0.308. The molecule has 1 atom stereocenters. The second-order valence-electron chi connectivity index (χ2n) is 6.37. The van der Waals surface area contributed by atoms with Crippen LogP contribution in [0.2, 0.25) is 0 Å². The standard InChI is InChI=1S/C22H23NO.2C2H6/c1-17-8-6-11-19(14-17)22(2,23)20-12-7-13-21(15-20)24-16-18-9-4-3-5-10-18;2*1-2/h3-15H,16,23H2,1-2H3;2*1-2H3. The molecule has 0 aliphatic rings. The van der Waals surface area contributed by atoms with Crippen LogP contribution in [0.1, 0.15) is 56.9 Å². The Labute approximate surface area is 171 Å². The highest BCUT2D eigenvalue weighted by Crippen LogP contribution is 2.29. The molecular formula is C26H35NO. The minimum absolute atomic E-state index is 0.552. The van der Waals surface area contributed by atoms with Crippen LogP contribution in [0.5, 0.6) is 5.75 Å². The molecule has 0 aromatic heterocycles. The minimum atomic E-state index is -0.557. The van der Waals surface area contributed by atoms with Crippen LogP contribution in [0.4, 0.5) is 0 Å². The van der Waals surface area contributed by atoms with Gasteiger partial charge < -0.3 is 10.5 Å². The number of benzene rings is 3. The van der Waals surface area contributed by atoms with E-state index in [9.17, 15) is 0 Å². The van der Waals surface area contributed by atoms with Crippen LogP contribution in [-0.2, 0) is 12.1 Å². The van der Waals surface area contributed by atoms with Crippen LogP contribution in [0.25, 0.3) is 0 Å². The number of nitrogens with two attached hydrogens (primary N) is 1. The summed E-state index contributed by atoms with van der Waals surface area (Å²) in [5, 5.41) is 0. The second kappa shape index (κ2) is 12.0. The summed E-state index contributed by atoms with van der Waals surface area (Å²) in [6, 6.07) is 26.6. The van der Waals surface area contributed by atoms with E-state index >= 15 is 0 Å². The number of hydrogen-bond acceptors (Lipinski definition) is 2. The topological polar surface area (TPSA) is 35.2 Å². The Hall–Kier alpha value is -2.58. The van der Waals surface area contributed by atoms with Crippen LogP contribution < -0.4 is 10.5 Å². The van der Waals surface area contributed by atoms with Crippen molar-refractivity contribution in [3.05, 3.63) is 101 Å². The number of rotatable bonds is 5. The summed E-state index contributed by atoms with van der Waals surface area (Å²) in [4.78, 5) is 0. The zero-order chi connectivity index (χ0) is 21.0. The van der Waals surface area contributed by atoms with Gasteiger partial charge in [-0.3, -0.25) is 0 Å². The van der Waals surface area contributed by atoms with Gasteiger partial charge >= 0.3 is 0 Å². The molecule has 0 bridgehead atoms. The van der Waals surface area contributed by atoms with E-state index < -0.39 is 5.54 Å². The highest BCUT2D eigenvalue weighted by Gasteiger charge is 2.24. The van der Waals surface area contributed by atoms with Gasteiger partial charge in [0.25, 0.3) is 0 Å². The summed E-state index contributed by atoms with van der Waals surface area (Å²) in [5.41, 5.74) is 10.6. The first kappa shape index (κ1) is 23.5. The van der Waals surface area contributed by atoms with Crippen molar-refractivity contribution >= 4 is 0 Å². The van der Waals surface area contributed by atoms with Crippen molar-refractivity contribution in [1.82, 2.24) is 0 Å². The van der Waals surface area contributed by atoms with E-state index in [4.69, 9.17) is 10.5 Å². The lowest BCUT2D eigenvalue weighted by molar-refractivity contribution is 0.305. The molecule has 1 unspecified atom stereocenters. The molecule has 0 heterocycles. The van der Waals surface area contributed by atoms with Gasteiger partial charge in [-0.1, -0.05) is 100.0 Å². The average Bonchev–Trinajstić information content (AvgIpc) is 2.76. The summed E-state index contributed by atoms with van der Waals surface area (Å²) in [5.74, 6) is 0.834. The Morgan fingerprint density at radius 2 is 1.32 bits per heavy atom. The molecule has 0 aliphatic carbocycles. The van der Waals surface area contributed by atoms with Crippen LogP contribution >= 0.6 is 0 Å². The van der Waals surface area contributed by atoms with Gasteiger partial charge in [0.05, 0.1) is 5.54 Å². The molecule has 0 saturated carbocycles. The summed E-state index contributed by atoms with van der Waals surface area (Å²) in [6.07, 6.45) is 0. The summed E-state index contributed by atoms with van der Waals surface area (Å²) >= 11 is 0. The number of hydrogen-bond donors (Lipinski definition) is 1. The summed E-state index contributed by atoms with van der Waals surface area (Å²) in [7, 11) is 0. The van der Waals surface area contributed by atoms with Gasteiger partial charge in [0.1, 0.15) is 12.4 Å². The Kier molecular flexibility index (Phi) is 10.0. The van der Waals surface area contributed by atoms with Gasteiger partial charge in [0.15, 0.2) is 0 Å². The fourth-order valence-electron chi connectivity index (χ4n) is 2.78. The van der Waals surface area contributed by atoms with Crippen molar-refractivity contribution in [2.75, 3.05) is 0 Å². The molecule has 150 valence electrons. The Bertz CT molecular complexity index is 809. The Morgan fingerprint density at radius 1 is 0.750 bits per heavy atom. The lowest BCUT2D eigenvalue weighted by atomic mass is 9.85. The first-order valence-corrected chi connectivity index (χ1v) is 10.2. The molecular weight excluding hydrogens is 342 g/mol. The second-order valence-corrected chi connectivity index (χ2v) is 6.37. The van der Waals surface area contributed by atoms with Crippen molar-refractivity contribution in [2.45, 2.75) is 53.7 Å². The van der Waals surface area contributed by atoms with Crippen molar-refractivity contribution in [3.8, 4) is 5.75 Å². The van der Waals surface area contributed by atoms with Crippen LogP contribution in [-0.4, -0.2) is 0 Å². The number of aryl methyl sites for hydroxylation is 1. The van der Waals surface area contributed by atoms with Gasteiger partial charge in [-0.15, -0.1) is 0 Å². The van der Waals surface area contributed by atoms with E-state index in [1.807, 2.05) is 77.1 Å². The highest BCUT2D eigenvalue weighted by molar-refractivity contribution is 5.41. The van der Waals surface area contributed by atoms with E-state index in [1.54, 1.807) is 0 Å².